The molecule has 2 N–H and O–H groups in total. The van der Waals surface area contributed by atoms with E-state index in [4.69, 9.17) is 4.74 Å². The van der Waals surface area contributed by atoms with Gasteiger partial charge in [0.15, 0.2) is 5.82 Å². The molecule has 9 heteroatoms. The molecule has 0 saturated carbocycles. The van der Waals surface area contributed by atoms with Gasteiger partial charge < -0.3 is 19.9 Å². The fourth-order valence-corrected chi connectivity index (χ4v) is 4.87. The van der Waals surface area contributed by atoms with Crippen LogP contribution in [-0.4, -0.2) is 62.6 Å². The number of carbonyl (C=O) groups excluding carboxylic acids is 1. The van der Waals surface area contributed by atoms with Gasteiger partial charge >= 0.3 is 0 Å². The number of hydrogen-bond donors (Lipinski definition) is 2. The molecule has 4 heterocycles. The summed E-state index contributed by atoms with van der Waals surface area (Å²) in [5.41, 5.74) is 1.78. The third kappa shape index (κ3) is 5.67. The molecular formula is C26H31FN6O2. The summed E-state index contributed by atoms with van der Waals surface area (Å²) in [7, 11) is 0. The van der Waals surface area contributed by atoms with Crippen molar-refractivity contribution in [2.24, 2.45) is 0 Å². The Morgan fingerprint density at radius 3 is 2.74 bits per heavy atom. The van der Waals surface area contributed by atoms with Crippen LogP contribution in [0, 0.1) is 5.82 Å². The van der Waals surface area contributed by atoms with Crippen LogP contribution in [0.2, 0.25) is 0 Å². The molecule has 8 nitrogen and oxygen atoms in total. The van der Waals surface area contributed by atoms with E-state index in [0.717, 1.165) is 37.1 Å². The molecule has 2 aliphatic heterocycles. The average Bonchev–Trinajstić information content (AvgIpc) is 3.36. The second-order valence-electron chi connectivity index (χ2n) is 9.44. The van der Waals surface area contributed by atoms with Crippen molar-refractivity contribution >= 4 is 11.9 Å². The number of hydrogen-bond acceptors (Lipinski definition) is 6. The smallest absolute Gasteiger partial charge is 0.226 e. The summed E-state index contributed by atoms with van der Waals surface area (Å²) in [5, 5.41) is 3.33. The van der Waals surface area contributed by atoms with E-state index in [0.29, 0.717) is 37.8 Å². The van der Waals surface area contributed by atoms with Crippen LogP contribution in [0.25, 0.3) is 11.4 Å². The fraction of sp³-hybridized carbons (Fsp3) is 0.462. The van der Waals surface area contributed by atoms with E-state index in [2.05, 4.69) is 32.2 Å². The molecule has 184 valence electrons. The summed E-state index contributed by atoms with van der Waals surface area (Å²) >= 11 is 0. The number of amides is 1. The van der Waals surface area contributed by atoms with Gasteiger partial charge in [0.2, 0.25) is 11.9 Å². The van der Waals surface area contributed by atoms with Crippen molar-refractivity contribution in [3.05, 3.63) is 59.9 Å². The zero-order valence-corrected chi connectivity index (χ0v) is 19.9. The van der Waals surface area contributed by atoms with Gasteiger partial charge in [-0.1, -0.05) is 30.3 Å². The highest BCUT2D eigenvalue weighted by molar-refractivity contribution is 5.78. The van der Waals surface area contributed by atoms with Gasteiger partial charge in [-0.25, -0.2) is 19.3 Å². The number of anilines is 1. The number of piperidine rings is 1. The van der Waals surface area contributed by atoms with Crippen LogP contribution < -0.4 is 5.32 Å². The standard InChI is InChI=1S/C26H31FN6O2/c1-17-13-19(9-12-35-17)25-28-16-22(31-25)24-21(27)15-29-26(32-24)30-20-7-10-33(11-8-20)23(34)14-18-5-3-2-4-6-18/h2-6,15-17,19-20H,7-14H2,1H3,(H,28,31)(H,29,30,32). The van der Waals surface area contributed by atoms with Crippen LogP contribution in [0.3, 0.4) is 0 Å². The van der Waals surface area contributed by atoms with Gasteiger partial charge in [0.25, 0.3) is 0 Å². The maximum absolute atomic E-state index is 14.6. The van der Waals surface area contributed by atoms with Gasteiger partial charge in [0.1, 0.15) is 11.5 Å². The van der Waals surface area contributed by atoms with Crippen molar-refractivity contribution in [1.82, 2.24) is 24.8 Å². The lowest BCUT2D eigenvalue weighted by Gasteiger charge is -2.32. The number of nitrogens with zero attached hydrogens (tertiary/aromatic N) is 4. The molecule has 1 aromatic carbocycles. The zero-order chi connectivity index (χ0) is 24.2. The van der Waals surface area contributed by atoms with E-state index in [1.807, 2.05) is 35.2 Å². The van der Waals surface area contributed by atoms with Crippen molar-refractivity contribution in [3.63, 3.8) is 0 Å². The predicted octanol–water partition coefficient (Wildman–Crippen LogP) is 3.93. The Balaban J connectivity index is 1.19. The molecule has 0 bridgehead atoms. The normalized spacial score (nSPS) is 21.1. The van der Waals surface area contributed by atoms with Crippen molar-refractivity contribution in [2.75, 3.05) is 25.0 Å². The van der Waals surface area contributed by atoms with Crippen LogP contribution in [0.1, 0.15) is 49.9 Å². The van der Waals surface area contributed by atoms with Crippen LogP contribution in [-0.2, 0) is 16.0 Å². The molecule has 2 unspecified atom stereocenters. The van der Waals surface area contributed by atoms with Gasteiger partial charge in [0.05, 0.1) is 30.6 Å². The molecule has 0 radical (unpaired) electrons. The minimum atomic E-state index is -0.493. The minimum Gasteiger partial charge on any atom is -0.378 e. The lowest BCUT2D eigenvalue weighted by molar-refractivity contribution is -0.131. The van der Waals surface area contributed by atoms with Crippen LogP contribution in [0.5, 0.6) is 0 Å². The number of benzene rings is 1. The SMILES string of the molecule is CC1CC(c2ncc(-c3nc(NC4CCN(C(=O)Cc5ccccc5)CC4)ncc3F)[nH]2)CCO1. The summed E-state index contributed by atoms with van der Waals surface area (Å²) in [6.45, 7) is 4.10. The summed E-state index contributed by atoms with van der Waals surface area (Å²) < 4.78 is 20.2. The number of halogens is 1. The first kappa shape index (κ1) is 23.4. The number of carbonyl (C=O) groups is 1. The number of aromatic amines is 1. The molecule has 3 aromatic rings. The monoisotopic (exact) mass is 478 g/mol. The second kappa shape index (κ2) is 10.5. The van der Waals surface area contributed by atoms with Crippen molar-refractivity contribution in [1.29, 1.82) is 0 Å². The molecule has 2 fully saturated rings. The van der Waals surface area contributed by atoms with Gasteiger partial charge in [-0.15, -0.1) is 0 Å². The Morgan fingerprint density at radius 1 is 1.17 bits per heavy atom. The molecule has 2 aromatic heterocycles. The van der Waals surface area contributed by atoms with Gasteiger partial charge in [0, 0.05) is 31.7 Å². The summed E-state index contributed by atoms with van der Waals surface area (Å²) in [5.74, 6) is 1.14. The molecule has 2 aliphatic rings. The van der Waals surface area contributed by atoms with E-state index in [9.17, 15) is 9.18 Å². The minimum absolute atomic E-state index is 0.121. The van der Waals surface area contributed by atoms with E-state index < -0.39 is 5.82 Å². The van der Waals surface area contributed by atoms with E-state index in [1.54, 1.807) is 6.20 Å². The molecule has 5 rings (SSSR count). The number of likely N-dealkylation sites (tertiary alicyclic amines) is 1. The largest absolute Gasteiger partial charge is 0.378 e. The fourth-order valence-electron chi connectivity index (χ4n) is 4.87. The van der Waals surface area contributed by atoms with Crippen LogP contribution in [0.4, 0.5) is 10.3 Å². The van der Waals surface area contributed by atoms with Crippen LogP contribution >= 0.6 is 0 Å². The Morgan fingerprint density at radius 2 is 1.97 bits per heavy atom. The molecule has 0 aliphatic carbocycles. The highest BCUT2D eigenvalue weighted by Gasteiger charge is 2.25. The number of aromatic nitrogens is 4. The third-order valence-electron chi connectivity index (χ3n) is 6.85. The summed E-state index contributed by atoms with van der Waals surface area (Å²) in [4.78, 5) is 30.9. The van der Waals surface area contributed by atoms with E-state index in [1.165, 1.54) is 6.20 Å². The maximum Gasteiger partial charge on any atom is 0.226 e. The molecular weight excluding hydrogens is 447 g/mol. The highest BCUT2D eigenvalue weighted by atomic mass is 19.1. The summed E-state index contributed by atoms with van der Waals surface area (Å²) in [6.07, 6.45) is 6.79. The number of H-pyrrole nitrogens is 1. The molecule has 2 atom stereocenters. The van der Waals surface area contributed by atoms with Crippen LogP contribution in [0.15, 0.2) is 42.7 Å². The lowest BCUT2D eigenvalue weighted by atomic mass is 9.96. The molecule has 2 saturated heterocycles. The van der Waals surface area contributed by atoms with Gasteiger partial charge in [-0.05, 0) is 38.2 Å². The van der Waals surface area contributed by atoms with Crippen molar-refractivity contribution in [2.45, 2.75) is 57.1 Å². The highest BCUT2D eigenvalue weighted by Crippen LogP contribution is 2.30. The zero-order valence-electron chi connectivity index (χ0n) is 19.9. The Bertz CT molecular complexity index is 1150. The van der Waals surface area contributed by atoms with Gasteiger partial charge in [-0.3, -0.25) is 4.79 Å². The molecule has 1 amide bonds. The molecule has 0 spiro atoms. The first-order valence-corrected chi connectivity index (χ1v) is 12.3. The Kier molecular flexibility index (Phi) is 7.03. The first-order valence-electron chi connectivity index (χ1n) is 12.3. The first-order chi connectivity index (χ1) is 17.0. The van der Waals surface area contributed by atoms with E-state index in [-0.39, 0.29) is 29.7 Å². The quantitative estimate of drug-likeness (QED) is 0.557. The number of ether oxygens (including phenoxy) is 1. The van der Waals surface area contributed by atoms with Crippen molar-refractivity contribution in [3.8, 4) is 11.4 Å². The Labute approximate surface area is 204 Å². The predicted molar refractivity (Wildman–Crippen MR) is 130 cm³/mol. The number of imidazole rings is 1. The Hall–Kier alpha value is -3.33. The van der Waals surface area contributed by atoms with Crippen molar-refractivity contribution < 1.29 is 13.9 Å². The topological polar surface area (TPSA) is 96.0 Å². The lowest BCUT2D eigenvalue weighted by Crippen LogP contribution is -2.43. The van der Waals surface area contributed by atoms with E-state index >= 15 is 0 Å². The summed E-state index contributed by atoms with van der Waals surface area (Å²) in [6, 6.07) is 9.92. The average molecular weight is 479 g/mol. The maximum atomic E-state index is 14.6. The number of rotatable bonds is 6. The molecule has 35 heavy (non-hydrogen) atoms. The second-order valence-corrected chi connectivity index (χ2v) is 9.44. The van der Waals surface area contributed by atoms with Gasteiger partial charge in [-0.2, -0.15) is 0 Å². The number of nitrogens with one attached hydrogen (secondary N) is 2. The third-order valence-corrected chi connectivity index (χ3v) is 6.85.